The molecule has 0 bridgehead atoms. The van der Waals surface area contributed by atoms with E-state index in [1.807, 2.05) is 6.07 Å². The second-order valence-corrected chi connectivity index (χ2v) is 4.95. The summed E-state index contributed by atoms with van der Waals surface area (Å²) in [4.78, 5) is 13.1. The zero-order valence-electron chi connectivity index (χ0n) is 10.6. The highest BCUT2D eigenvalue weighted by molar-refractivity contribution is 5.71. The van der Waals surface area contributed by atoms with Gasteiger partial charge in [0.15, 0.2) is 0 Å². The van der Waals surface area contributed by atoms with E-state index < -0.39 is 6.03 Å². The van der Waals surface area contributed by atoms with Gasteiger partial charge in [-0.2, -0.15) is 0 Å². The minimum atomic E-state index is -0.415. The molecule has 1 fully saturated rings. The Balaban J connectivity index is 1.72. The molecule has 98 valence electrons. The van der Waals surface area contributed by atoms with Crippen molar-refractivity contribution in [3.05, 3.63) is 35.9 Å². The van der Waals surface area contributed by atoms with E-state index in [2.05, 4.69) is 34.5 Å². The Kier molecular flexibility index (Phi) is 4.59. The average molecular weight is 247 g/mol. The minimum absolute atomic E-state index is 0.415. The molecule has 0 aliphatic carbocycles. The average Bonchev–Trinajstić information content (AvgIpc) is 2.39. The maximum atomic E-state index is 10.6. The van der Waals surface area contributed by atoms with Gasteiger partial charge in [0.05, 0.1) is 0 Å². The second-order valence-electron chi connectivity index (χ2n) is 4.95. The predicted molar refractivity (Wildman–Crippen MR) is 72.0 cm³/mol. The lowest BCUT2D eigenvalue weighted by Gasteiger charge is -2.31. The van der Waals surface area contributed by atoms with Crippen LogP contribution in [0.3, 0.4) is 0 Å². The number of piperidine rings is 1. The SMILES string of the molecule is NC(=O)NCC1CCN(Cc2ccccc2)CC1. The molecule has 4 nitrogen and oxygen atoms in total. The number of rotatable bonds is 4. The van der Waals surface area contributed by atoms with Gasteiger partial charge in [-0.15, -0.1) is 0 Å². The van der Waals surface area contributed by atoms with Gasteiger partial charge in [-0.05, 0) is 37.4 Å². The van der Waals surface area contributed by atoms with Crippen LogP contribution in [0.2, 0.25) is 0 Å². The molecule has 2 amide bonds. The van der Waals surface area contributed by atoms with Crippen LogP contribution >= 0.6 is 0 Å². The molecule has 3 N–H and O–H groups in total. The molecular weight excluding hydrogens is 226 g/mol. The number of nitrogens with zero attached hydrogens (tertiary/aromatic N) is 1. The van der Waals surface area contributed by atoms with Gasteiger partial charge in [0.2, 0.25) is 0 Å². The van der Waals surface area contributed by atoms with Crippen LogP contribution in [0.4, 0.5) is 4.79 Å². The van der Waals surface area contributed by atoms with Crippen molar-refractivity contribution in [2.45, 2.75) is 19.4 Å². The molecule has 1 aliphatic rings. The van der Waals surface area contributed by atoms with Crippen LogP contribution in [0.1, 0.15) is 18.4 Å². The van der Waals surface area contributed by atoms with Gasteiger partial charge in [0.25, 0.3) is 0 Å². The second kappa shape index (κ2) is 6.40. The first-order chi connectivity index (χ1) is 8.74. The van der Waals surface area contributed by atoms with Crippen molar-refractivity contribution in [2.24, 2.45) is 11.7 Å². The van der Waals surface area contributed by atoms with E-state index in [9.17, 15) is 4.79 Å². The highest BCUT2D eigenvalue weighted by Crippen LogP contribution is 2.18. The molecule has 1 aromatic rings. The van der Waals surface area contributed by atoms with Crippen molar-refractivity contribution in [1.82, 2.24) is 10.2 Å². The highest BCUT2D eigenvalue weighted by Gasteiger charge is 2.19. The zero-order valence-corrected chi connectivity index (χ0v) is 10.6. The number of carbonyl (C=O) groups is 1. The van der Waals surface area contributed by atoms with Crippen LogP contribution in [-0.4, -0.2) is 30.6 Å². The number of benzene rings is 1. The lowest BCUT2D eigenvalue weighted by atomic mass is 9.96. The Morgan fingerprint density at radius 2 is 1.94 bits per heavy atom. The van der Waals surface area contributed by atoms with E-state index in [1.54, 1.807) is 0 Å². The third-order valence-corrected chi connectivity index (χ3v) is 3.52. The van der Waals surface area contributed by atoms with E-state index in [-0.39, 0.29) is 0 Å². The first kappa shape index (κ1) is 12.9. The van der Waals surface area contributed by atoms with Crippen LogP contribution in [0, 0.1) is 5.92 Å². The van der Waals surface area contributed by atoms with Crippen LogP contribution < -0.4 is 11.1 Å². The molecule has 4 heteroatoms. The summed E-state index contributed by atoms with van der Waals surface area (Å²) in [5.74, 6) is 0.574. The summed E-state index contributed by atoms with van der Waals surface area (Å²) in [5.41, 5.74) is 6.45. The summed E-state index contributed by atoms with van der Waals surface area (Å²) >= 11 is 0. The number of carbonyl (C=O) groups excluding carboxylic acids is 1. The van der Waals surface area contributed by atoms with Crippen LogP contribution in [0.15, 0.2) is 30.3 Å². The smallest absolute Gasteiger partial charge is 0.312 e. The van der Waals surface area contributed by atoms with Crippen molar-refractivity contribution in [2.75, 3.05) is 19.6 Å². The fraction of sp³-hybridized carbons (Fsp3) is 0.500. The van der Waals surface area contributed by atoms with Crippen LogP contribution in [-0.2, 0) is 6.54 Å². The highest BCUT2D eigenvalue weighted by atomic mass is 16.2. The first-order valence-corrected chi connectivity index (χ1v) is 6.53. The van der Waals surface area contributed by atoms with E-state index >= 15 is 0 Å². The van der Waals surface area contributed by atoms with Gasteiger partial charge in [-0.1, -0.05) is 30.3 Å². The minimum Gasteiger partial charge on any atom is -0.352 e. The van der Waals surface area contributed by atoms with Crippen molar-refractivity contribution < 1.29 is 4.79 Å². The molecule has 18 heavy (non-hydrogen) atoms. The zero-order chi connectivity index (χ0) is 12.8. The van der Waals surface area contributed by atoms with E-state index in [0.29, 0.717) is 12.5 Å². The topological polar surface area (TPSA) is 58.4 Å². The summed E-state index contributed by atoms with van der Waals surface area (Å²) in [6, 6.07) is 10.1. The molecule has 1 aromatic carbocycles. The van der Waals surface area contributed by atoms with Crippen molar-refractivity contribution in [1.29, 1.82) is 0 Å². The van der Waals surface area contributed by atoms with Crippen LogP contribution in [0.25, 0.3) is 0 Å². The van der Waals surface area contributed by atoms with Gasteiger partial charge >= 0.3 is 6.03 Å². The first-order valence-electron chi connectivity index (χ1n) is 6.53. The summed E-state index contributed by atoms with van der Waals surface area (Å²) < 4.78 is 0. The number of nitrogens with two attached hydrogens (primary N) is 1. The normalized spacial score (nSPS) is 17.6. The molecule has 0 aromatic heterocycles. The molecule has 0 atom stereocenters. The van der Waals surface area contributed by atoms with Gasteiger partial charge in [0.1, 0.15) is 0 Å². The van der Waals surface area contributed by atoms with E-state index in [4.69, 9.17) is 5.73 Å². The Morgan fingerprint density at radius 3 is 2.56 bits per heavy atom. The monoisotopic (exact) mass is 247 g/mol. The fourth-order valence-corrected chi connectivity index (χ4v) is 2.44. The number of hydrogen-bond acceptors (Lipinski definition) is 2. The molecule has 1 saturated heterocycles. The number of urea groups is 1. The lowest BCUT2D eigenvalue weighted by molar-refractivity contribution is 0.175. The molecule has 1 aliphatic heterocycles. The standard InChI is InChI=1S/C14H21N3O/c15-14(18)16-10-12-6-8-17(9-7-12)11-13-4-2-1-3-5-13/h1-5,12H,6-11H2,(H3,15,16,18). The van der Waals surface area contributed by atoms with Crippen molar-refractivity contribution in [3.8, 4) is 0 Å². The Bertz CT molecular complexity index is 372. The summed E-state index contributed by atoms with van der Waals surface area (Å²) in [6.45, 7) is 3.94. The summed E-state index contributed by atoms with van der Waals surface area (Å²) in [6.07, 6.45) is 2.26. The summed E-state index contributed by atoms with van der Waals surface area (Å²) in [5, 5.41) is 2.70. The molecule has 1 heterocycles. The summed E-state index contributed by atoms with van der Waals surface area (Å²) in [7, 11) is 0. The number of hydrogen-bond donors (Lipinski definition) is 2. The maximum absolute atomic E-state index is 10.6. The fourth-order valence-electron chi connectivity index (χ4n) is 2.44. The van der Waals surface area contributed by atoms with Crippen molar-refractivity contribution in [3.63, 3.8) is 0 Å². The third-order valence-electron chi connectivity index (χ3n) is 3.52. The van der Waals surface area contributed by atoms with Crippen molar-refractivity contribution >= 4 is 6.03 Å². The molecular formula is C14H21N3O. The number of likely N-dealkylation sites (tertiary alicyclic amines) is 1. The Hall–Kier alpha value is -1.55. The molecule has 0 saturated carbocycles. The van der Waals surface area contributed by atoms with Gasteiger partial charge in [-0.25, -0.2) is 4.79 Å². The third kappa shape index (κ3) is 4.04. The Morgan fingerprint density at radius 1 is 1.28 bits per heavy atom. The van der Waals surface area contributed by atoms with E-state index in [1.165, 1.54) is 5.56 Å². The number of nitrogens with one attached hydrogen (secondary N) is 1. The largest absolute Gasteiger partial charge is 0.352 e. The number of primary amides is 1. The molecule has 0 unspecified atom stereocenters. The lowest BCUT2D eigenvalue weighted by Crippen LogP contribution is -2.39. The van der Waals surface area contributed by atoms with Gasteiger partial charge in [-0.3, -0.25) is 4.90 Å². The molecule has 2 rings (SSSR count). The number of amides is 2. The molecule has 0 radical (unpaired) electrons. The Labute approximate surface area is 108 Å². The van der Waals surface area contributed by atoms with Gasteiger partial charge in [0, 0.05) is 13.1 Å². The van der Waals surface area contributed by atoms with E-state index in [0.717, 1.165) is 32.5 Å². The quantitative estimate of drug-likeness (QED) is 0.848. The predicted octanol–water partition coefficient (Wildman–Crippen LogP) is 1.57. The molecule has 0 spiro atoms. The maximum Gasteiger partial charge on any atom is 0.312 e. The van der Waals surface area contributed by atoms with Gasteiger partial charge < -0.3 is 11.1 Å². The van der Waals surface area contributed by atoms with Crippen LogP contribution in [0.5, 0.6) is 0 Å².